The van der Waals surface area contributed by atoms with Crippen LogP contribution in [-0.4, -0.2) is 76.1 Å². The van der Waals surface area contributed by atoms with Crippen molar-refractivity contribution >= 4 is 22.8 Å². The van der Waals surface area contributed by atoms with Crippen molar-refractivity contribution in [3.63, 3.8) is 0 Å². The van der Waals surface area contributed by atoms with Gasteiger partial charge in [0, 0.05) is 29.6 Å². The number of phenols is 1. The van der Waals surface area contributed by atoms with Crippen LogP contribution < -0.4 is 4.74 Å². The number of H-pyrrole nitrogens is 1. The molecule has 8 nitrogen and oxygen atoms in total. The largest absolute Gasteiger partial charge is 0.508 e. The van der Waals surface area contributed by atoms with Crippen LogP contribution in [0.15, 0.2) is 36.4 Å². The van der Waals surface area contributed by atoms with Gasteiger partial charge in [-0.1, -0.05) is 19.1 Å². The first kappa shape index (κ1) is 24.1. The number of aromatic nitrogens is 1. The summed E-state index contributed by atoms with van der Waals surface area (Å²) < 4.78 is 20.7. The van der Waals surface area contributed by atoms with Crippen molar-refractivity contribution in [1.29, 1.82) is 0 Å². The van der Waals surface area contributed by atoms with Crippen LogP contribution in [0.4, 0.5) is 9.18 Å². The molecule has 5 rings (SSSR count). The number of methoxy groups -OCH3 is 1. The van der Waals surface area contributed by atoms with Gasteiger partial charge in [0.25, 0.3) is 5.91 Å². The number of aromatic hydroxyl groups is 1. The SMILES string of the molecule is CCN(C)CCCN1C(=O)N2[C@H](c3cccc(O)c3)c3[nH]c4ccc(OC)c(F)c4c3C[C@@]2(C)C1=O. The Hall–Kier alpha value is -3.59. The third-order valence-corrected chi connectivity index (χ3v) is 7.60. The summed E-state index contributed by atoms with van der Waals surface area (Å²) in [6, 6.07) is 8.85. The predicted molar refractivity (Wildman–Crippen MR) is 134 cm³/mol. The van der Waals surface area contributed by atoms with Crippen LogP contribution >= 0.6 is 0 Å². The summed E-state index contributed by atoms with van der Waals surface area (Å²) in [5, 5.41) is 10.6. The second-order valence-electron chi connectivity index (χ2n) is 9.83. The molecule has 3 aromatic rings. The quantitative estimate of drug-likeness (QED) is 0.484. The Morgan fingerprint density at radius 3 is 2.75 bits per heavy atom. The normalized spacial score (nSPS) is 21.4. The van der Waals surface area contributed by atoms with E-state index in [0.717, 1.165) is 13.1 Å². The highest BCUT2D eigenvalue weighted by Gasteiger charge is 2.60. The van der Waals surface area contributed by atoms with Crippen molar-refractivity contribution in [2.75, 3.05) is 33.8 Å². The molecule has 36 heavy (non-hydrogen) atoms. The second kappa shape index (κ2) is 8.81. The summed E-state index contributed by atoms with van der Waals surface area (Å²) in [7, 11) is 3.41. The molecule has 1 aromatic heterocycles. The highest BCUT2D eigenvalue weighted by molar-refractivity contribution is 6.08. The molecule has 2 atom stereocenters. The molecule has 0 unspecified atom stereocenters. The minimum atomic E-state index is -1.21. The highest BCUT2D eigenvalue weighted by Crippen LogP contribution is 2.49. The number of hydrogen-bond acceptors (Lipinski definition) is 5. The molecule has 2 aliphatic heterocycles. The summed E-state index contributed by atoms with van der Waals surface area (Å²) >= 11 is 0. The number of nitrogens with zero attached hydrogens (tertiary/aromatic N) is 3. The standard InChI is InChI=1S/C27H31FN4O4/c1-5-30(3)12-7-13-31-25(34)27(2)15-18-21-19(10-11-20(36-4)22(21)28)29-23(18)24(32(27)26(31)35)16-8-6-9-17(33)14-16/h6,8-11,14,24,29,33H,5,7,12-13,15H2,1-4H3/t24-,27+/m1/s1. The number of rotatable bonds is 7. The number of hydrogen-bond donors (Lipinski definition) is 2. The van der Waals surface area contributed by atoms with Crippen LogP contribution in [0.3, 0.4) is 0 Å². The van der Waals surface area contributed by atoms with Crippen molar-refractivity contribution in [3.8, 4) is 11.5 Å². The number of imide groups is 1. The van der Waals surface area contributed by atoms with Gasteiger partial charge in [0.2, 0.25) is 0 Å². The Kier molecular flexibility index (Phi) is 5.90. The van der Waals surface area contributed by atoms with Crippen LogP contribution in [0.5, 0.6) is 11.5 Å². The smallest absolute Gasteiger partial charge is 0.328 e. The van der Waals surface area contributed by atoms with E-state index in [2.05, 4.69) is 16.8 Å². The molecule has 1 fully saturated rings. The van der Waals surface area contributed by atoms with Gasteiger partial charge in [-0.25, -0.2) is 9.18 Å². The van der Waals surface area contributed by atoms with E-state index in [4.69, 9.17) is 4.74 Å². The van der Waals surface area contributed by atoms with Gasteiger partial charge in [0.05, 0.1) is 7.11 Å². The molecule has 1 saturated heterocycles. The number of benzene rings is 2. The Bertz CT molecular complexity index is 1360. The van der Waals surface area contributed by atoms with Crippen LogP contribution in [0.2, 0.25) is 0 Å². The number of carbonyl (C=O) groups excluding carboxylic acids is 2. The number of phenolic OH excluding ortho intramolecular Hbond substituents is 1. The van der Waals surface area contributed by atoms with Crippen molar-refractivity contribution in [2.24, 2.45) is 0 Å². The first-order chi connectivity index (χ1) is 17.2. The van der Waals surface area contributed by atoms with Gasteiger partial charge in [-0.05, 0) is 68.9 Å². The maximum absolute atomic E-state index is 15.5. The number of aromatic amines is 1. The number of urea groups is 1. The maximum Gasteiger partial charge on any atom is 0.328 e. The van der Waals surface area contributed by atoms with E-state index >= 15 is 4.39 Å². The highest BCUT2D eigenvalue weighted by atomic mass is 19.1. The zero-order valence-corrected chi connectivity index (χ0v) is 21.0. The monoisotopic (exact) mass is 494 g/mol. The van der Waals surface area contributed by atoms with Crippen molar-refractivity contribution in [3.05, 3.63) is 59.0 Å². The third kappa shape index (κ3) is 3.52. The average molecular weight is 495 g/mol. The number of carbonyl (C=O) groups is 2. The van der Waals surface area contributed by atoms with E-state index in [0.29, 0.717) is 40.7 Å². The summed E-state index contributed by atoms with van der Waals surface area (Å²) in [5.41, 5.74) is 1.26. The minimum absolute atomic E-state index is 0.0442. The zero-order chi connectivity index (χ0) is 25.8. The maximum atomic E-state index is 15.5. The molecule has 0 saturated carbocycles. The Balaban J connectivity index is 1.66. The van der Waals surface area contributed by atoms with Gasteiger partial charge in [-0.3, -0.25) is 14.6 Å². The summed E-state index contributed by atoms with van der Waals surface area (Å²) in [4.78, 5) is 36.0. The van der Waals surface area contributed by atoms with E-state index in [9.17, 15) is 14.7 Å². The first-order valence-electron chi connectivity index (χ1n) is 12.2. The average Bonchev–Trinajstić information content (AvgIpc) is 3.31. The molecule has 0 spiro atoms. The molecule has 2 N–H and O–H groups in total. The van der Waals surface area contributed by atoms with E-state index in [-0.39, 0.29) is 29.9 Å². The van der Waals surface area contributed by atoms with E-state index < -0.39 is 17.4 Å². The topological polar surface area (TPSA) is 89.1 Å². The van der Waals surface area contributed by atoms with Gasteiger partial charge in [0.1, 0.15) is 17.3 Å². The predicted octanol–water partition coefficient (Wildman–Crippen LogP) is 4.03. The Labute approximate surface area is 209 Å². The second-order valence-corrected chi connectivity index (χ2v) is 9.83. The number of ether oxygens (including phenoxy) is 1. The molecule has 9 heteroatoms. The Morgan fingerprint density at radius 1 is 1.28 bits per heavy atom. The molecule has 3 heterocycles. The van der Waals surface area contributed by atoms with Gasteiger partial charge >= 0.3 is 6.03 Å². The molecular formula is C27H31FN4O4. The molecule has 2 aromatic carbocycles. The molecular weight excluding hydrogens is 463 g/mol. The number of nitrogens with one attached hydrogen (secondary N) is 1. The first-order valence-corrected chi connectivity index (χ1v) is 12.2. The number of fused-ring (bicyclic) bond motifs is 4. The van der Waals surface area contributed by atoms with Crippen LogP contribution in [-0.2, 0) is 11.2 Å². The molecule has 2 aliphatic rings. The van der Waals surface area contributed by atoms with Crippen LogP contribution in [0.1, 0.15) is 43.1 Å². The summed E-state index contributed by atoms with van der Waals surface area (Å²) in [6.45, 7) is 5.75. The lowest BCUT2D eigenvalue weighted by Crippen LogP contribution is -2.53. The van der Waals surface area contributed by atoms with Gasteiger partial charge < -0.3 is 19.7 Å². The lowest BCUT2D eigenvalue weighted by atomic mass is 9.81. The molecule has 0 bridgehead atoms. The third-order valence-electron chi connectivity index (χ3n) is 7.60. The van der Waals surface area contributed by atoms with Crippen molar-refractivity contribution in [1.82, 2.24) is 19.7 Å². The fourth-order valence-corrected chi connectivity index (χ4v) is 5.60. The number of halogens is 1. The van der Waals surface area contributed by atoms with E-state index in [1.807, 2.05) is 7.05 Å². The van der Waals surface area contributed by atoms with Gasteiger partial charge in [-0.15, -0.1) is 0 Å². The summed E-state index contributed by atoms with van der Waals surface area (Å²) in [6.07, 6.45) is 0.820. The summed E-state index contributed by atoms with van der Waals surface area (Å²) in [5.74, 6) is -0.639. The fourth-order valence-electron chi connectivity index (χ4n) is 5.60. The molecule has 190 valence electrons. The van der Waals surface area contributed by atoms with Crippen LogP contribution in [0.25, 0.3) is 10.9 Å². The molecule has 0 radical (unpaired) electrons. The van der Waals surface area contributed by atoms with Gasteiger partial charge in [0.15, 0.2) is 11.6 Å². The van der Waals surface area contributed by atoms with E-state index in [1.54, 1.807) is 48.2 Å². The lowest BCUT2D eigenvalue weighted by Gasteiger charge is -2.42. The fraction of sp³-hybridized carbons (Fsp3) is 0.407. The lowest BCUT2D eigenvalue weighted by molar-refractivity contribution is -0.133. The van der Waals surface area contributed by atoms with Crippen LogP contribution in [0, 0.1) is 5.82 Å². The Morgan fingerprint density at radius 2 is 2.06 bits per heavy atom. The van der Waals surface area contributed by atoms with E-state index in [1.165, 1.54) is 12.0 Å². The van der Waals surface area contributed by atoms with Gasteiger partial charge in [-0.2, -0.15) is 0 Å². The van der Waals surface area contributed by atoms with Crippen molar-refractivity contribution < 1.29 is 23.8 Å². The zero-order valence-electron chi connectivity index (χ0n) is 21.0. The number of amides is 3. The molecule has 3 amide bonds. The van der Waals surface area contributed by atoms with Crippen molar-refractivity contribution in [2.45, 2.75) is 38.3 Å². The minimum Gasteiger partial charge on any atom is -0.508 e. The molecule has 0 aliphatic carbocycles.